The van der Waals surface area contributed by atoms with Crippen molar-refractivity contribution in [1.82, 2.24) is 0 Å². The summed E-state index contributed by atoms with van der Waals surface area (Å²) in [5, 5.41) is 0.554. The molecule has 0 saturated carbocycles. The Bertz CT molecular complexity index is 1400. The number of carbonyl (C=O) groups excluding carboxylic acids is 4. The topological polar surface area (TPSA) is 90.0 Å². The van der Waals surface area contributed by atoms with Crippen LogP contribution in [0.4, 0.5) is 5.69 Å². The average Bonchev–Trinajstić information content (AvgIpc) is 3.32. The molecule has 1 heterocycles. The van der Waals surface area contributed by atoms with Gasteiger partial charge in [0.2, 0.25) is 5.91 Å². The number of ether oxygens (including phenoxy) is 2. The lowest BCUT2D eigenvalue weighted by Gasteiger charge is -2.23. The Hall–Kier alpha value is -3.68. The molecule has 4 rings (SSSR count). The minimum absolute atomic E-state index is 0.0337. The smallest absolute Gasteiger partial charge is 0.345 e. The number of para-hydroxylation sites is 1. The van der Waals surface area contributed by atoms with Crippen LogP contribution >= 0.6 is 23.2 Å². The largest absolute Gasteiger partial charge is 0.457 e. The van der Waals surface area contributed by atoms with Crippen LogP contribution in [0.5, 0.6) is 5.75 Å². The minimum atomic E-state index is -0.669. The first-order valence-corrected chi connectivity index (χ1v) is 13.4. The van der Waals surface area contributed by atoms with Gasteiger partial charge in [-0.25, -0.2) is 4.79 Å². The Morgan fingerprint density at radius 3 is 2.23 bits per heavy atom. The van der Waals surface area contributed by atoms with Gasteiger partial charge in [-0.2, -0.15) is 0 Å². The number of hydrogen-bond acceptors (Lipinski definition) is 6. The van der Waals surface area contributed by atoms with E-state index < -0.39 is 30.2 Å². The van der Waals surface area contributed by atoms with E-state index in [1.54, 1.807) is 4.90 Å². The molecule has 0 radical (unpaired) electrons. The second-order valence-electron chi connectivity index (χ2n) is 9.11. The molecule has 0 N–H and O–H groups in total. The summed E-state index contributed by atoms with van der Waals surface area (Å²) >= 11 is 11.9. The van der Waals surface area contributed by atoms with E-state index in [1.165, 1.54) is 42.5 Å². The molecule has 1 fully saturated rings. The van der Waals surface area contributed by atoms with Gasteiger partial charge in [0, 0.05) is 29.2 Å². The van der Waals surface area contributed by atoms with Crippen LogP contribution in [0.25, 0.3) is 0 Å². The first-order valence-electron chi connectivity index (χ1n) is 12.6. The van der Waals surface area contributed by atoms with Crippen molar-refractivity contribution in [2.75, 3.05) is 18.1 Å². The first-order chi connectivity index (χ1) is 18.7. The van der Waals surface area contributed by atoms with Gasteiger partial charge in [0.25, 0.3) is 0 Å². The zero-order valence-corrected chi connectivity index (χ0v) is 23.1. The molecule has 202 valence electrons. The number of esters is 2. The highest BCUT2D eigenvalue weighted by Gasteiger charge is 2.37. The first kappa shape index (κ1) is 28.3. The summed E-state index contributed by atoms with van der Waals surface area (Å²) in [6, 6.07) is 16.2. The molecule has 0 spiro atoms. The highest BCUT2D eigenvalue weighted by molar-refractivity contribution is 6.36. The van der Waals surface area contributed by atoms with E-state index in [-0.39, 0.29) is 40.8 Å². The summed E-state index contributed by atoms with van der Waals surface area (Å²) in [5.41, 5.74) is 3.41. The number of rotatable bonds is 9. The molecule has 0 aromatic heterocycles. The zero-order valence-electron chi connectivity index (χ0n) is 21.5. The average molecular weight is 568 g/mol. The van der Waals surface area contributed by atoms with E-state index in [0.29, 0.717) is 5.02 Å². The van der Waals surface area contributed by atoms with Crippen molar-refractivity contribution in [2.24, 2.45) is 5.92 Å². The minimum Gasteiger partial charge on any atom is -0.457 e. The van der Waals surface area contributed by atoms with E-state index in [9.17, 15) is 19.2 Å². The second-order valence-corrected chi connectivity index (χ2v) is 9.95. The fourth-order valence-electron chi connectivity index (χ4n) is 4.51. The molecule has 1 aliphatic heterocycles. The molecule has 0 unspecified atom stereocenters. The summed E-state index contributed by atoms with van der Waals surface area (Å²) in [5.74, 6) is -2.25. The maximum absolute atomic E-state index is 12.8. The van der Waals surface area contributed by atoms with E-state index in [2.05, 4.69) is 0 Å². The third kappa shape index (κ3) is 6.49. The molecule has 3 aromatic carbocycles. The number of hydrogen-bond donors (Lipinski definition) is 0. The normalized spacial score (nSPS) is 14.8. The van der Waals surface area contributed by atoms with Crippen molar-refractivity contribution in [3.63, 3.8) is 0 Å². The number of Topliss-reactive ketones (excluding diaryl/α,β-unsaturated/α-hetero) is 1. The molecule has 1 amide bonds. The van der Waals surface area contributed by atoms with Crippen LogP contribution < -0.4 is 9.64 Å². The number of anilines is 1. The van der Waals surface area contributed by atoms with Gasteiger partial charge in [-0.3, -0.25) is 14.4 Å². The second kappa shape index (κ2) is 12.5. The van der Waals surface area contributed by atoms with Crippen molar-refractivity contribution < 1.29 is 28.7 Å². The van der Waals surface area contributed by atoms with Gasteiger partial charge in [0.1, 0.15) is 5.75 Å². The van der Waals surface area contributed by atoms with Gasteiger partial charge in [0.15, 0.2) is 12.4 Å². The molecule has 9 heteroatoms. The van der Waals surface area contributed by atoms with Gasteiger partial charge < -0.3 is 14.4 Å². The van der Waals surface area contributed by atoms with Crippen molar-refractivity contribution in [3.8, 4) is 5.75 Å². The number of benzene rings is 3. The van der Waals surface area contributed by atoms with Crippen LogP contribution in [0, 0.1) is 5.92 Å². The van der Waals surface area contributed by atoms with Crippen LogP contribution in [-0.2, 0) is 27.2 Å². The lowest BCUT2D eigenvalue weighted by Crippen LogP contribution is -2.29. The monoisotopic (exact) mass is 567 g/mol. The number of carbonyl (C=O) groups is 4. The zero-order chi connectivity index (χ0) is 28.1. The standard InChI is InChI=1S/C30H27Cl2NO6/c1-3-18-6-5-7-19(4-2)28(18)33-16-21(14-27(33)35)29(36)38-17-26(34)20-8-11-23(12-9-20)39-30(37)24-13-10-22(31)15-25(24)32/h5-13,15,21H,3-4,14,16-17H2,1-2H3/t21-/m0/s1. The van der Waals surface area contributed by atoms with E-state index in [4.69, 9.17) is 32.7 Å². The molecule has 39 heavy (non-hydrogen) atoms. The molecule has 0 bridgehead atoms. The van der Waals surface area contributed by atoms with E-state index in [1.807, 2.05) is 32.0 Å². The Balaban J connectivity index is 1.33. The Kier molecular flexibility index (Phi) is 9.04. The summed E-state index contributed by atoms with van der Waals surface area (Å²) in [6.45, 7) is 3.81. The van der Waals surface area contributed by atoms with E-state index in [0.717, 1.165) is 29.7 Å². The van der Waals surface area contributed by atoms with Gasteiger partial charge >= 0.3 is 11.9 Å². The summed E-state index contributed by atoms with van der Waals surface area (Å²) in [7, 11) is 0. The van der Waals surface area contributed by atoms with Gasteiger partial charge in [-0.1, -0.05) is 55.2 Å². The summed E-state index contributed by atoms with van der Waals surface area (Å²) in [4.78, 5) is 52.2. The molecule has 7 nitrogen and oxygen atoms in total. The van der Waals surface area contributed by atoms with Gasteiger partial charge in [-0.15, -0.1) is 0 Å². The molecule has 1 atom stereocenters. The van der Waals surface area contributed by atoms with Crippen molar-refractivity contribution in [3.05, 3.63) is 93.0 Å². The lowest BCUT2D eigenvalue weighted by molar-refractivity contribution is -0.147. The summed E-state index contributed by atoms with van der Waals surface area (Å²) < 4.78 is 10.6. The fourth-order valence-corrected chi connectivity index (χ4v) is 4.99. The Morgan fingerprint density at radius 1 is 0.949 bits per heavy atom. The molecular weight excluding hydrogens is 541 g/mol. The number of halogens is 2. The fraction of sp³-hybridized carbons (Fsp3) is 0.267. The van der Waals surface area contributed by atoms with Crippen LogP contribution in [0.3, 0.4) is 0 Å². The molecule has 1 saturated heterocycles. The molecule has 3 aromatic rings. The Morgan fingerprint density at radius 2 is 1.62 bits per heavy atom. The Labute approximate surface area is 236 Å². The predicted octanol–water partition coefficient (Wildman–Crippen LogP) is 6.12. The lowest BCUT2D eigenvalue weighted by atomic mass is 10.0. The number of aryl methyl sites for hydroxylation is 2. The third-order valence-electron chi connectivity index (χ3n) is 6.58. The highest BCUT2D eigenvalue weighted by atomic mass is 35.5. The number of amides is 1. The number of nitrogens with zero attached hydrogens (tertiary/aromatic N) is 1. The SMILES string of the molecule is CCc1cccc(CC)c1N1C[C@@H](C(=O)OCC(=O)c2ccc(OC(=O)c3ccc(Cl)cc3Cl)cc2)CC1=O. The quantitative estimate of drug-likeness (QED) is 0.176. The van der Waals surface area contributed by atoms with Crippen LogP contribution in [0.1, 0.15) is 52.1 Å². The van der Waals surface area contributed by atoms with E-state index >= 15 is 0 Å². The highest BCUT2D eigenvalue weighted by Crippen LogP contribution is 2.33. The third-order valence-corrected chi connectivity index (χ3v) is 7.12. The van der Waals surface area contributed by atoms with Crippen molar-refractivity contribution in [2.45, 2.75) is 33.1 Å². The van der Waals surface area contributed by atoms with Crippen molar-refractivity contribution in [1.29, 1.82) is 0 Å². The van der Waals surface area contributed by atoms with Gasteiger partial charge in [-0.05, 0) is 66.4 Å². The van der Waals surface area contributed by atoms with Gasteiger partial charge in [0.05, 0.1) is 16.5 Å². The molecular formula is C30H27Cl2NO6. The molecule has 1 aliphatic rings. The van der Waals surface area contributed by atoms with Crippen LogP contribution in [0.15, 0.2) is 60.7 Å². The van der Waals surface area contributed by atoms with Crippen molar-refractivity contribution >= 4 is 52.5 Å². The van der Waals surface area contributed by atoms with Crippen LogP contribution in [-0.4, -0.2) is 36.8 Å². The van der Waals surface area contributed by atoms with Crippen LogP contribution in [0.2, 0.25) is 10.0 Å². The maximum Gasteiger partial charge on any atom is 0.345 e. The predicted molar refractivity (Wildman–Crippen MR) is 149 cm³/mol. The molecule has 0 aliphatic carbocycles. The maximum atomic E-state index is 12.8. The summed E-state index contributed by atoms with van der Waals surface area (Å²) in [6.07, 6.45) is 1.57. The number of ketones is 1.